The molecule has 2 nitrogen and oxygen atoms in total. The van der Waals surface area contributed by atoms with Crippen LogP contribution in [0.1, 0.15) is 29.7 Å². The van der Waals surface area contributed by atoms with Crippen molar-refractivity contribution in [2.24, 2.45) is 5.84 Å². The molecule has 4 heteroatoms. The summed E-state index contributed by atoms with van der Waals surface area (Å²) in [5, 5.41) is 1.10. The molecular formula is C16H18Cl2N2. The summed E-state index contributed by atoms with van der Waals surface area (Å²) in [5.74, 6) is 5.68. The highest BCUT2D eigenvalue weighted by Crippen LogP contribution is 2.31. The van der Waals surface area contributed by atoms with Crippen LogP contribution >= 0.6 is 23.2 Å². The van der Waals surface area contributed by atoms with Gasteiger partial charge < -0.3 is 0 Å². The summed E-state index contributed by atoms with van der Waals surface area (Å²) in [5.41, 5.74) is 6.27. The zero-order valence-electron chi connectivity index (χ0n) is 11.4. The van der Waals surface area contributed by atoms with Crippen LogP contribution in [0.4, 0.5) is 0 Å². The topological polar surface area (TPSA) is 38.0 Å². The third-order valence-corrected chi connectivity index (χ3v) is 4.26. The van der Waals surface area contributed by atoms with Gasteiger partial charge >= 0.3 is 0 Å². The van der Waals surface area contributed by atoms with Gasteiger partial charge in [-0.3, -0.25) is 11.3 Å². The Morgan fingerprint density at radius 2 is 1.70 bits per heavy atom. The second-order valence-corrected chi connectivity index (χ2v) is 5.52. The normalized spacial score (nSPS) is 12.4. The van der Waals surface area contributed by atoms with E-state index in [9.17, 15) is 0 Å². The maximum atomic E-state index is 6.25. The Morgan fingerprint density at radius 3 is 2.30 bits per heavy atom. The summed E-state index contributed by atoms with van der Waals surface area (Å²) >= 11 is 12.3. The quantitative estimate of drug-likeness (QED) is 0.638. The summed E-state index contributed by atoms with van der Waals surface area (Å²) in [4.78, 5) is 0. The molecule has 20 heavy (non-hydrogen) atoms. The van der Waals surface area contributed by atoms with Gasteiger partial charge in [-0.2, -0.15) is 0 Å². The maximum Gasteiger partial charge on any atom is 0.0640 e. The van der Waals surface area contributed by atoms with E-state index in [1.807, 2.05) is 12.1 Å². The summed E-state index contributed by atoms with van der Waals surface area (Å²) < 4.78 is 0. The van der Waals surface area contributed by atoms with Gasteiger partial charge in [0.1, 0.15) is 0 Å². The first-order valence-corrected chi connectivity index (χ1v) is 7.39. The number of rotatable bonds is 5. The van der Waals surface area contributed by atoms with Crippen LogP contribution in [0, 0.1) is 0 Å². The van der Waals surface area contributed by atoms with Crippen LogP contribution in [0.2, 0.25) is 10.0 Å². The minimum atomic E-state index is -0.0614. The third-order valence-electron chi connectivity index (χ3n) is 3.43. The molecule has 0 spiro atoms. The molecule has 2 aromatic rings. The van der Waals surface area contributed by atoms with E-state index in [0.717, 1.165) is 18.4 Å². The van der Waals surface area contributed by atoms with Crippen LogP contribution in [0.15, 0.2) is 42.5 Å². The number of hydrogen-bond donors (Lipinski definition) is 2. The monoisotopic (exact) mass is 308 g/mol. The van der Waals surface area contributed by atoms with E-state index in [1.54, 1.807) is 6.07 Å². The Labute approximate surface area is 129 Å². The lowest BCUT2D eigenvalue weighted by Gasteiger charge is -2.18. The molecule has 0 heterocycles. The Balaban J connectivity index is 2.21. The average Bonchev–Trinajstić information content (AvgIpc) is 2.48. The zero-order valence-corrected chi connectivity index (χ0v) is 12.9. The lowest BCUT2D eigenvalue weighted by Crippen LogP contribution is -2.29. The van der Waals surface area contributed by atoms with E-state index in [2.05, 4.69) is 36.6 Å². The van der Waals surface area contributed by atoms with Gasteiger partial charge in [0, 0.05) is 0 Å². The zero-order chi connectivity index (χ0) is 14.5. The largest absolute Gasteiger partial charge is 0.271 e. The molecule has 0 aliphatic carbocycles. The highest BCUT2D eigenvalue weighted by atomic mass is 35.5. The van der Waals surface area contributed by atoms with E-state index >= 15 is 0 Å². The van der Waals surface area contributed by atoms with Gasteiger partial charge in [-0.25, -0.2) is 0 Å². The molecule has 0 aliphatic heterocycles. The molecule has 1 atom stereocenters. The lowest BCUT2D eigenvalue weighted by atomic mass is 9.98. The molecule has 0 aromatic heterocycles. The highest BCUT2D eigenvalue weighted by Gasteiger charge is 2.15. The molecular weight excluding hydrogens is 291 g/mol. The van der Waals surface area contributed by atoms with E-state index in [0.29, 0.717) is 10.0 Å². The standard InChI is InChI=1S/C16H18Cl2N2/c1-2-11-6-8-12(9-7-11)10-15(20-19)13-4-3-5-14(17)16(13)18/h3-9,15,20H,2,10,19H2,1H3. The minimum Gasteiger partial charge on any atom is -0.271 e. The molecule has 0 amide bonds. The third kappa shape index (κ3) is 3.53. The number of nitrogens with two attached hydrogens (primary N) is 1. The Kier molecular flexibility index (Phi) is 5.44. The Morgan fingerprint density at radius 1 is 1.05 bits per heavy atom. The number of hydrogen-bond acceptors (Lipinski definition) is 2. The van der Waals surface area contributed by atoms with Crippen LogP contribution in [-0.2, 0) is 12.8 Å². The molecule has 106 valence electrons. The first kappa shape index (κ1) is 15.3. The highest BCUT2D eigenvalue weighted by molar-refractivity contribution is 6.42. The predicted molar refractivity (Wildman–Crippen MR) is 86.1 cm³/mol. The van der Waals surface area contributed by atoms with Gasteiger partial charge in [-0.05, 0) is 35.6 Å². The van der Waals surface area contributed by atoms with Crippen LogP contribution < -0.4 is 11.3 Å². The average molecular weight is 309 g/mol. The number of halogens is 2. The molecule has 0 radical (unpaired) electrons. The SMILES string of the molecule is CCc1ccc(CC(NN)c2cccc(Cl)c2Cl)cc1. The molecule has 0 aliphatic rings. The van der Waals surface area contributed by atoms with Crippen molar-refractivity contribution >= 4 is 23.2 Å². The molecule has 2 aromatic carbocycles. The second kappa shape index (κ2) is 7.09. The second-order valence-electron chi connectivity index (χ2n) is 4.74. The molecule has 1 unspecified atom stereocenters. The van der Waals surface area contributed by atoms with Gasteiger partial charge in [-0.15, -0.1) is 0 Å². The molecule has 2 rings (SSSR count). The summed E-state index contributed by atoms with van der Waals surface area (Å²) in [6.07, 6.45) is 1.81. The van der Waals surface area contributed by atoms with Gasteiger partial charge in [0.25, 0.3) is 0 Å². The van der Waals surface area contributed by atoms with Gasteiger partial charge in [0.05, 0.1) is 16.1 Å². The van der Waals surface area contributed by atoms with Crippen molar-refractivity contribution < 1.29 is 0 Å². The van der Waals surface area contributed by atoms with Crippen molar-refractivity contribution in [3.63, 3.8) is 0 Å². The van der Waals surface area contributed by atoms with Crippen LogP contribution in [0.5, 0.6) is 0 Å². The van der Waals surface area contributed by atoms with Gasteiger partial charge in [0.15, 0.2) is 0 Å². The fourth-order valence-electron chi connectivity index (χ4n) is 2.20. The number of benzene rings is 2. The van der Waals surface area contributed by atoms with Crippen LogP contribution in [-0.4, -0.2) is 0 Å². The van der Waals surface area contributed by atoms with Crippen LogP contribution in [0.3, 0.4) is 0 Å². The molecule has 0 bridgehead atoms. The molecule has 0 saturated carbocycles. The first-order valence-electron chi connectivity index (χ1n) is 6.63. The van der Waals surface area contributed by atoms with Crippen LogP contribution in [0.25, 0.3) is 0 Å². The fraction of sp³-hybridized carbons (Fsp3) is 0.250. The van der Waals surface area contributed by atoms with Crippen molar-refractivity contribution in [1.82, 2.24) is 5.43 Å². The Bertz CT molecular complexity index is 567. The first-order chi connectivity index (χ1) is 9.65. The van der Waals surface area contributed by atoms with E-state index in [4.69, 9.17) is 29.0 Å². The van der Waals surface area contributed by atoms with E-state index in [1.165, 1.54) is 11.1 Å². The predicted octanol–water partition coefficient (Wildman–Crippen LogP) is 4.30. The van der Waals surface area contributed by atoms with Gasteiger partial charge in [0.2, 0.25) is 0 Å². The lowest BCUT2D eigenvalue weighted by molar-refractivity contribution is 0.552. The van der Waals surface area contributed by atoms with Gasteiger partial charge in [-0.1, -0.05) is 66.5 Å². The number of hydrazine groups is 1. The summed E-state index contributed by atoms with van der Waals surface area (Å²) in [6, 6.07) is 14.1. The van der Waals surface area contributed by atoms with Crippen molar-refractivity contribution in [2.75, 3.05) is 0 Å². The minimum absolute atomic E-state index is 0.0614. The number of aryl methyl sites for hydroxylation is 1. The van der Waals surface area contributed by atoms with Crippen molar-refractivity contribution in [1.29, 1.82) is 0 Å². The molecule has 0 fully saturated rings. The Hall–Kier alpha value is -1.06. The van der Waals surface area contributed by atoms with Crippen molar-refractivity contribution in [3.8, 4) is 0 Å². The van der Waals surface area contributed by atoms with E-state index in [-0.39, 0.29) is 6.04 Å². The molecule has 3 N–H and O–H groups in total. The van der Waals surface area contributed by atoms with Crippen molar-refractivity contribution in [2.45, 2.75) is 25.8 Å². The summed E-state index contributed by atoms with van der Waals surface area (Å²) in [6.45, 7) is 2.14. The number of nitrogens with one attached hydrogen (secondary N) is 1. The molecule has 0 saturated heterocycles. The maximum absolute atomic E-state index is 6.25. The summed E-state index contributed by atoms with van der Waals surface area (Å²) in [7, 11) is 0. The smallest absolute Gasteiger partial charge is 0.0640 e. The van der Waals surface area contributed by atoms with Crippen molar-refractivity contribution in [3.05, 3.63) is 69.2 Å². The van der Waals surface area contributed by atoms with E-state index < -0.39 is 0 Å². The fourth-order valence-corrected chi connectivity index (χ4v) is 2.63.